The van der Waals surface area contributed by atoms with Gasteiger partial charge in [0.25, 0.3) is 11.6 Å². The number of carbonyl (C=O) groups excluding carboxylic acids is 1. The molecule has 1 aromatic carbocycles. The number of nitro groups is 1. The molecule has 0 radical (unpaired) electrons. The lowest BCUT2D eigenvalue weighted by Crippen LogP contribution is -2.22. The van der Waals surface area contributed by atoms with Crippen LogP contribution in [0.2, 0.25) is 0 Å². The summed E-state index contributed by atoms with van der Waals surface area (Å²) in [6, 6.07) is 4.10. The number of nitrogens with zero attached hydrogens (tertiary/aromatic N) is 4. The van der Waals surface area contributed by atoms with Crippen molar-refractivity contribution in [2.75, 3.05) is 6.54 Å². The molecular weight excluding hydrogens is 250 g/mol. The van der Waals surface area contributed by atoms with E-state index in [0.29, 0.717) is 12.1 Å². The summed E-state index contributed by atoms with van der Waals surface area (Å²) >= 11 is 0. The smallest absolute Gasteiger partial charge is 0.294 e. The van der Waals surface area contributed by atoms with Crippen molar-refractivity contribution in [3.8, 4) is 5.69 Å². The third kappa shape index (κ3) is 2.57. The maximum Gasteiger partial charge on any atom is 0.294 e. The predicted octanol–water partition coefficient (Wildman–Crippen LogP) is 0.925. The topological polar surface area (TPSA) is 103 Å². The van der Waals surface area contributed by atoms with E-state index in [1.54, 1.807) is 6.92 Å². The van der Waals surface area contributed by atoms with Gasteiger partial charge in [0.05, 0.1) is 4.92 Å². The summed E-state index contributed by atoms with van der Waals surface area (Å²) in [6.07, 6.45) is 2.60. The Balaban J connectivity index is 2.51. The van der Waals surface area contributed by atoms with E-state index < -0.39 is 4.92 Å². The van der Waals surface area contributed by atoms with Crippen LogP contribution in [0.1, 0.15) is 17.3 Å². The molecule has 0 atom stereocenters. The van der Waals surface area contributed by atoms with Gasteiger partial charge < -0.3 is 5.32 Å². The van der Waals surface area contributed by atoms with E-state index in [0.717, 1.165) is 0 Å². The first-order valence-electron chi connectivity index (χ1n) is 5.55. The molecule has 2 rings (SSSR count). The number of hydrogen-bond acceptors (Lipinski definition) is 5. The van der Waals surface area contributed by atoms with Gasteiger partial charge >= 0.3 is 0 Å². The Hall–Kier alpha value is -2.77. The summed E-state index contributed by atoms with van der Waals surface area (Å²) in [6.45, 7) is 2.27. The highest BCUT2D eigenvalue weighted by Gasteiger charge is 2.18. The highest BCUT2D eigenvalue weighted by Crippen LogP contribution is 2.23. The summed E-state index contributed by atoms with van der Waals surface area (Å²) in [5, 5.41) is 17.4. The predicted molar refractivity (Wildman–Crippen MR) is 66.0 cm³/mol. The molecule has 1 heterocycles. The first-order chi connectivity index (χ1) is 9.13. The van der Waals surface area contributed by atoms with Crippen molar-refractivity contribution in [3.05, 3.63) is 46.5 Å². The fraction of sp³-hybridized carbons (Fsp3) is 0.182. The molecule has 19 heavy (non-hydrogen) atoms. The Morgan fingerprint density at radius 3 is 2.89 bits per heavy atom. The van der Waals surface area contributed by atoms with Gasteiger partial charge in [0.2, 0.25) is 0 Å². The van der Waals surface area contributed by atoms with Crippen LogP contribution in [-0.2, 0) is 0 Å². The maximum atomic E-state index is 11.7. The first-order valence-corrected chi connectivity index (χ1v) is 5.55. The highest BCUT2D eigenvalue weighted by atomic mass is 16.6. The quantitative estimate of drug-likeness (QED) is 0.651. The Morgan fingerprint density at radius 1 is 1.53 bits per heavy atom. The van der Waals surface area contributed by atoms with Gasteiger partial charge in [0.1, 0.15) is 18.3 Å². The zero-order valence-corrected chi connectivity index (χ0v) is 10.1. The Kier molecular flexibility index (Phi) is 3.51. The number of hydrogen-bond donors (Lipinski definition) is 1. The second kappa shape index (κ2) is 5.25. The van der Waals surface area contributed by atoms with Gasteiger partial charge in [-0.15, -0.1) is 0 Å². The fourth-order valence-electron chi connectivity index (χ4n) is 1.60. The van der Waals surface area contributed by atoms with E-state index in [1.165, 1.54) is 35.5 Å². The van der Waals surface area contributed by atoms with Crippen molar-refractivity contribution >= 4 is 11.6 Å². The molecule has 0 saturated carbocycles. The Bertz CT molecular complexity index is 609. The molecule has 8 heteroatoms. The fourth-order valence-corrected chi connectivity index (χ4v) is 1.60. The molecule has 0 spiro atoms. The maximum absolute atomic E-state index is 11.7. The average Bonchev–Trinajstić information content (AvgIpc) is 2.92. The molecule has 0 aliphatic carbocycles. The van der Waals surface area contributed by atoms with Crippen LogP contribution in [0.15, 0.2) is 30.9 Å². The Labute approximate surface area is 108 Å². The van der Waals surface area contributed by atoms with Crippen molar-refractivity contribution < 1.29 is 9.72 Å². The van der Waals surface area contributed by atoms with Crippen LogP contribution in [0.3, 0.4) is 0 Å². The lowest BCUT2D eigenvalue weighted by Gasteiger charge is -2.06. The minimum atomic E-state index is -0.529. The minimum absolute atomic E-state index is 0.140. The number of nitrogens with one attached hydrogen (secondary N) is 1. The lowest BCUT2D eigenvalue weighted by atomic mass is 10.1. The lowest BCUT2D eigenvalue weighted by molar-refractivity contribution is -0.384. The summed E-state index contributed by atoms with van der Waals surface area (Å²) in [5.74, 6) is -0.293. The van der Waals surface area contributed by atoms with Crippen LogP contribution in [0.4, 0.5) is 5.69 Å². The third-order valence-corrected chi connectivity index (χ3v) is 2.44. The molecule has 1 amide bonds. The third-order valence-electron chi connectivity index (χ3n) is 2.44. The van der Waals surface area contributed by atoms with Gasteiger partial charge in [0.15, 0.2) is 0 Å². The number of benzene rings is 1. The van der Waals surface area contributed by atoms with E-state index in [-0.39, 0.29) is 17.3 Å². The van der Waals surface area contributed by atoms with Crippen LogP contribution < -0.4 is 5.32 Å². The normalized spacial score (nSPS) is 10.2. The van der Waals surface area contributed by atoms with E-state index in [4.69, 9.17) is 0 Å². The Morgan fingerprint density at radius 2 is 2.32 bits per heavy atom. The van der Waals surface area contributed by atoms with Crippen molar-refractivity contribution in [1.29, 1.82) is 0 Å². The molecule has 0 saturated heterocycles. The van der Waals surface area contributed by atoms with Gasteiger partial charge in [-0.25, -0.2) is 9.67 Å². The number of nitro benzene ring substituents is 1. The van der Waals surface area contributed by atoms with Crippen LogP contribution >= 0.6 is 0 Å². The van der Waals surface area contributed by atoms with Gasteiger partial charge in [-0.05, 0) is 19.1 Å². The number of rotatable bonds is 4. The van der Waals surface area contributed by atoms with Crippen molar-refractivity contribution in [1.82, 2.24) is 20.1 Å². The second-order valence-corrected chi connectivity index (χ2v) is 3.66. The molecule has 8 nitrogen and oxygen atoms in total. The summed E-state index contributed by atoms with van der Waals surface area (Å²) < 4.78 is 1.25. The van der Waals surface area contributed by atoms with E-state index in [9.17, 15) is 14.9 Å². The largest absolute Gasteiger partial charge is 0.352 e. The first kappa shape index (κ1) is 12.7. The zero-order valence-electron chi connectivity index (χ0n) is 10.1. The highest BCUT2D eigenvalue weighted by molar-refractivity contribution is 5.95. The van der Waals surface area contributed by atoms with Crippen molar-refractivity contribution in [2.45, 2.75) is 6.92 Å². The van der Waals surface area contributed by atoms with Gasteiger partial charge in [-0.2, -0.15) is 5.10 Å². The molecule has 0 aliphatic rings. The molecule has 1 N–H and O–H groups in total. The molecular formula is C11H11N5O3. The molecule has 0 fully saturated rings. The van der Waals surface area contributed by atoms with Gasteiger partial charge in [0, 0.05) is 18.2 Å². The van der Waals surface area contributed by atoms with Crippen molar-refractivity contribution in [2.24, 2.45) is 0 Å². The van der Waals surface area contributed by atoms with E-state index >= 15 is 0 Å². The molecule has 0 unspecified atom stereocenters. The van der Waals surface area contributed by atoms with Crippen LogP contribution in [0.25, 0.3) is 5.69 Å². The number of amides is 1. The molecule has 98 valence electrons. The molecule has 1 aromatic heterocycles. The number of aromatic nitrogens is 3. The summed E-state index contributed by atoms with van der Waals surface area (Å²) in [4.78, 5) is 25.9. The summed E-state index contributed by atoms with van der Waals surface area (Å²) in [7, 11) is 0. The SMILES string of the molecule is CCNC(=O)c1ccc([N+](=O)[O-])c(-n2cncn2)c1. The molecule has 2 aromatic rings. The van der Waals surface area contributed by atoms with Gasteiger partial charge in [-0.1, -0.05) is 0 Å². The van der Waals surface area contributed by atoms with Crippen LogP contribution in [-0.4, -0.2) is 32.1 Å². The molecule has 0 aliphatic heterocycles. The number of carbonyl (C=O) groups is 1. The zero-order chi connectivity index (χ0) is 13.8. The monoisotopic (exact) mass is 261 g/mol. The van der Waals surface area contributed by atoms with E-state index in [1.807, 2.05) is 0 Å². The second-order valence-electron chi connectivity index (χ2n) is 3.66. The summed E-state index contributed by atoms with van der Waals surface area (Å²) in [5.41, 5.74) is 0.391. The van der Waals surface area contributed by atoms with Crippen LogP contribution in [0.5, 0.6) is 0 Å². The minimum Gasteiger partial charge on any atom is -0.352 e. The van der Waals surface area contributed by atoms with Gasteiger partial charge in [-0.3, -0.25) is 14.9 Å². The average molecular weight is 261 g/mol. The van der Waals surface area contributed by atoms with Crippen molar-refractivity contribution in [3.63, 3.8) is 0 Å². The van der Waals surface area contributed by atoms with E-state index in [2.05, 4.69) is 15.4 Å². The van der Waals surface area contributed by atoms with Crippen LogP contribution in [0, 0.1) is 10.1 Å². The molecule has 0 bridgehead atoms. The standard InChI is InChI=1S/C11H11N5O3/c1-2-13-11(17)8-3-4-9(16(18)19)10(5-8)15-7-12-6-14-15/h3-7H,2H2,1H3,(H,13,17).